The smallest absolute Gasteiger partial charge is 0.258 e. The Balaban J connectivity index is 1.63. The summed E-state index contributed by atoms with van der Waals surface area (Å²) in [5.74, 6) is -0.743. The molecule has 28 heavy (non-hydrogen) atoms. The number of amides is 3. The average molecular weight is 375 g/mol. The quantitative estimate of drug-likeness (QED) is 0.730. The van der Waals surface area contributed by atoms with Crippen LogP contribution in [0, 0.1) is 0 Å². The zero-order valence-electron chi connectivity index (χ0n) is 15.4. The first-order valence-corrected chi connectivity index (χ1v) is 8.91. The molecule has 0 atom stereocenters. The number of anilines is 1. The maximum Gasteiger partial charge on any atom is 0.258 e. The number of nitrogens with one attached hydrogen (secondary N) is 2. The molecule has 1 aliphatic rings. The number of rotatable bonds is 7. The van der Waals surface area contributed by atoms with Crippen molar-refractivity contribution in [3.8, 4) is 0 Å². The SMILES string of the molecule is C=CCNC(=O)c1ccccc1NC(=O)CCN1C(=C)c2ccccc2C1=O. The van der Waals surface area contributed by atoms with Crippen LogP contribution in [-0.2, 0) is 4.79 Å². The molecule has 0 aromatic heterocycles. The number of carbonyl (C=O) groups excluding carboxylic acids is 3. The molecule has 2 aromatic rings. The van der Waals surface area contributed by atoms with Crippen LogP contribution in [-0.4, -0.2) is 35.7 Å². The van der Waals surface area contributed by atoms with Crippen LogP contribution in [0.25, 0.3) is 5.70 Å². The van der Waals surface area contributed by atoms with Crippen molar-refractivity contribution in [2.75, 3.05) is 18.4 Å². The predicted octanol–water partition coefficient (Wildman–Crippen LogP) is 3.06. The molecule has 0 bridgehead atoms. The Hall–Kier alpha value is -3.67. The minimum atomic E-state index is -0.297. The second-order valence-corrected chi connectivity index (χ2v) is 6.29. The lowest BCUT2D eigenvalue weighted by atomic mass is 10.1. The summed E-state index contributed by atoms with van der Waals surface area (Å²) >= 11 is 0. The van der Waals surface area contributed by atoms with Gasteiger partial charge in [-0.15, -0.1) is 6.58 Å². The van der Waals surface area contributed by atoms with Crippen LogP contribution in [0.5, 0.6) is 0 Å². The van der Waals surface area contributed by atoms with E-state index >= 15 is 0 Å². The van der Waals surface area contributed by atoms with Gasteiger partial charge in [-0.25, -0.2) is 0 Å². The lowest BCUT2D eigenvalue weighted by Crippen LogP contribution is -2.28. The maximum absolute atomic E-state index is 12.5. The lowest BCUT2D eigenvalue weighted by Gasteiger charge is -2.17. The summed E-state index contributed by atoms with van der Waals surface area (Å²) < 4.78 is 0. The molecule has 0 spiro atoms. The van der Waals surface area contributed by atoms with Gasteiger partial charge in [-0.05, 0) is 18.2 Å². The summed E-state index contributed by atoms with van der Waals surface area (Å²) in [5, 5.41) is 5.44. The van der Waals surface area contributed by atoms with Gasteiger partial charge in [0.15, 0.2) is 0 Å². The summed E-state index contributed by atoms with van der Waals surface area (Å²) in [4.78, 5) is 38.6. The Morgan fingerprint density at radius 2 is 1.71 bits per heavy atom. The van der Waals surface area contributed by atoms with E-state index in [1.807, 2.05) is 12.1 Å². The number of benzene rings is 2. The summed E-state index contributed by atoms with van der Waals surface area (Å²) in [6, 6.07) is 14.0. The molecule has 0 unspecified atom stereocenters. The van der Waals surface area contributed by atoms with Gasteiger partial charge in [-0.3, -0.25) is 14.4 Å². The number of hydrogen-bond acceptors (Lipinski definition) is 3. The minimum absolute atomic E-state index is 0.0847. The molecule has 142 valence electrons. The third-order valence-corrected chi connectivity index (χ3v) is 4.45. The Labute approximate surface area is 163 Å². The fraction of sp³-hybridized carbons (Fsp3) is 0.136. The topological polar surface area (TPSA) is 78.5 Å². The zero-order valence-corrected chi connectivity index (χ0v) is 15.4. The Bertz CT molecular complexity index is 930. The first-order chi connectivity index (χ1) is 13.5. The van der Waals surface area contributed by atoms with Crippen molar-refractivity contribution >= 4 is 29.1 Å². The summed E-state index contributed by atoms with van der Waals surface area (Å²) in [6.07, 6.45) is 1.67. The third-order valence-electron chi connectivity index (χ3n) is 4.45. The Morgan fingerprint density at radius 1 is 1.04 bits per heavy atom. The molecule has 2 aromatic carbocycles. The molecule has 2 N–H and O–H groups in total. The highest BCUT2D eigenvalue weighted by molar-refractivity contribution is 6.09. The predicted molar refractivity (Wildman–Crippen MR) is 109 cm³/mol. The standard InChI is InChI=1S/C22H21N3O3/c1-3-13-23-21(27)18-10-6-7-11-19(18)24-20(26)12-14-25-15(2)16-8-4-5-9-17(16)22(25)28/h3-11H,1-2,12-14H2,(H,23,27)(H,24,26). The number of hydrogen-bond donors (Lipinski definition) is 2. The van der Waals surface area contributed by atoms with Gasteiger partial charge < -0.3 is 15.5 Å². The van der Waals surface area contributed by atoms with Crippen molar-refractivity contribution in [2.24, 2.45) is 0 Å². The van der Waals surface area contributed by atoms with Gasteiger partial charge in [0.25, 0.3) is 11.8 Å². The molecule has 6 heteroatoms. The molecule has 0 saturated heterocycles. The second-order valence-electron chi connectivity index (χ2n) is 6.29. The van der Waals surface area contributed by atoms with E-state index in [9.17, 15) is 14.4 Å². The highest BCUT2D eigenvalue weighted by atomic mass is 16.2. The van der Waals surface area contributed by atoms with E-state index in [0.29, 0.717) is 29.1 Å². The van der Waals surface area contributed by atoms with Crippen LogP contribution < -0.4 is 10.6 Å². The highest BCUT2D eigenvalue weighted by Gasteiger charge is 2.30. The van der Waals surface area contributed by atoms with Gasteiger partial charge in [0.05, 0.1) is 11.3 Å². The average Bonchev–Trinajstić information content (AvgIpc) is 2.95. The van der Waals surface area contributed by atoms with Crippen molar-refractivity contribution in [3.05, 3.63) is 84.5 Å². The van der Waals surface area contributed by atoms with E-state index in [1.165, 1.54) is 4.90 Å². The number of fused-ring (bicyclic) bond motifs is 1. The van der Waals surface area contributed by atoms with Crippen LogP contribution >= 0.6 is 0 Å². The Morgan fingerprint density at radius 3 is 2.43 bits per heavy atom. The van der Waals surface area contributed by atoms with Crippen LogP contribution in [0.15, 0.2) is 67.8 Å². The summed E-state index contributed by atoms with van der Waals surface area (Å²) in [6.45, 7) is 8.08. The molecule has 6 nitrogen and oxygen atoms in total. The highest BCUT2D eigenvalue weighted by Crippen LogP contribution is 2.31. The van der Waals surface area contributed by atoms with E-state index in [2.05, 4.69) is 23.8 Å². The molecular formula is C22H21N3O3. The molecular weight excluding hydrogens is 354 g/mol. The number of carbonyl (C=O) groups is 3. The van der Waals surface area contributed by atoms with E-state index in [4.69, 9.17) is 0 Å². The number of para-hydroxylation sites is 1. The van der Waals surface area contributed by atoms with Crippen LogP contribution in [0.4, 0.5) is 5.69 Å². The van der Waals surface area contributed by atoms with Crippen molar-refractivity contribution in [1.29, 1.82) is 0 Å². The third kappa shape index (κ3) is 3.86. The first-order valence-electron chi connectivity index (χ1n) is 8.91. The van der Waals surface area contributed by atoms with E-state index in [1.54, 1.807) is 42.5 Å². The minimum Gasteiger partial charge on any atom is -0.349 e. The van der Waals surface area contributed by atoms with Crippen molar-refractivity contribution < 1.29 is 14.4 Å². The van der Waals surface area contributed by atoms with Crippen LogP contribution in [0.2, 0.25) is 0 Å². The number of nitrogens with zero attached hydrogens (tertiary/aromatic N) is 1. The van der Waals surface area contributed by atoms with Crippen LogP contribution in [0.1, 0.15) is 32.7 Å². The fourth-order valence-electron chi connectivity index (χ4n) is 3.05. The molecule has 1 aliphatic heterocycles. The monoisotopic (exact) mass is 375 g/mol. The van der Waals surface area contributed by atoms with Crippen molar-refractivity contribution in [3.63, 3.8) is 0 Å². The molecule has 0 radical (unpaired) electrons. The molecule has 3 rings (SSSR count). The fourth-order valence-corrected chi connectivity index (χ4v) is 3.05. The van der Waals surface area contributed by atoms with Gasteiger partial charge in [-0.2, -0.15) is 0 Å². The summed E-state index contributed by atoms with van der Waals surface area (Å²) in [5.41, 5.74) is 2.77. The molecule has 1 heterocycles. The van der Waals surface area contributed by atoms with Gasteiger partial charge in [0.1, 0.15) is 0 Å². The molecule has 0 aliphatic carbocycles. The van der Waals surface area contributed by atoms with Gasteiger partial charge >= 0.3 is 0 Å². The second kappa shape index (κ2) is 8.35. The van der Waals surface area contributed by atoms with Gasteiger partial charge in [-0.1, -0.05) is 43.0 Å². The van der Waals surface area contributed by atoms with Gasteiger partial charge in [0.2, 0.25) is 5.91 Å². The molecule has 3 amide bonds. The zero-order chi connectivity index (χ0) is 20.1. The van der Waals surface area contributed by atoms with E-state index < -0.39 is 0 Å². The molecule has 0 saturated carbocycles. The van der Waals surface area contributed by atoms with E-state index in [0.717, 1.165) is 5.56 Å². The van der Waals surface area contributed by atoms with Crippen molar-refractivity contribution in [1.82, 2.24) is 10.2 Å². The Kier molecular flexibility index (Phi) is 5.69. The maximum atomic E-state index is 12.5. The lowest BCUT2D eigenvalue weighted by molar-refractivity contribution is -0.116. The molecule has 0 fully saturated rings. The summed E-state index contributed by atoms with van der Waals surface area (Å²) in [7, 11) is 0. The van der Waals surface area contributed by atoms with Crippen molar-refractivity contribution in [2.45, 2.75) is 6.42 Å². The normalized spacial score (nSPS) is 12.5. The largest absolute Gasteiger partial charge is 0.349 e. The first kappa shape index (κ1) is 19.1. The van der Waals surface area contributed by atoms with E-state index in [-0.39, 0.29) is 30.7 Å². The van der Waals surface area contributed by atoms with Crippen LogP contribution in [0.3, 0.4) is 0 Å². The van der Waals surface area contributed by atoms with Gasteiger partial charge in [0, 0.05) is 36.3 Å².